The van der Waals surface area contributed by atoms with E-state index in [-0.39, 0.29) is 0 Å². The van der Waals surface area contributed by atoms with Crippen molar-refractivity contribution in [2.45, 2.75) is 16.5 Å². The molecule has 16 heavy (non-hydrogen) atoms. The third kappa shape index (κ3) is 2.87. The summed E-state index contributed by atoms with van der Waals surface area (Å²) in [7, 11) is 0. The zero-order chi connectivity index (χ0) is 11.4. The fraction of sp³-hybridized carbons (Fsp3) is 0.182. The molecule has 2 aromatic rings. The van der Waals surface area contributed by atoms with Crippen molar-refractivity contribution in [2.24, 2.45) is 5.73 Å². The largest absolute Gasteiger partial charge is 0.339 e. The summed E-state index contributed by atoms with van der Waals surface area (Å²) in [4.78, 5) is 8.39. The van der Waals surface area contributed by atoms with Gasteiger partial charge in [0.2, 0.25) is 0 Å². The summed E-state index contributed by atoms with van der Waals surface area (Å²) >= 11 is 5.16. The summed E-state index contributed by atoms with van der Waals surface area (Å²) in [5.74, 6) is 0. The van der Waals surface area contributed by atoms with Crippen molar-refractivity contribution in [1.82, 2.24) is 9.97 Å². The van der Waals surface area contributed by atoms with Crippen LogP contribution in [0, 0.1) is 0 Å². The lowest BCUT2D eigenvalue weighted by atomic mass is 10.2. The number of hydrogen-bond donors (Lipinski definition) is 2. The van der Waals surface area contributed by atoms with Crippen LogP contribution in [0.2, 0.25) is 0 Å². The first-order valence-corrected chi connectivity index (χ1v) is 6.56. The van der Waals surface area contributed by atoms with Crippen molar-refractivity contribution in [3.8, 4) is 0 Å². The van der Waals surface area contributed by atoms with Crippen LogP contribution in [0.25, 0.3) is 0 Å². The van der Waals surface area contributed by atoms with Gasteiger partial charge in [-0.3, -0.25) is 0 Å². The molecule has 0 radical (unpaired) electrons. The first kappa shape index (κ1) is 11.7. The van der Waals surface area contributed by atoms with Gasteiger partial charge in [-0.1, -0.05) is 17.8 Å². The van der Waals surface area contributed by atoms with Crippen LogP contribution in [0.3, 0.4) is 0 Å². The number of imidazole rings is 1. The average Bonchev–Trinajstić information content (AvgIpc) is 2.75. The second-order valence-electron chi connectivity index (χ2n) is 3.30. The van der Waals surface area contributed by atoms with Gasteiger partial charge < -0.3 is 10.7 Å². The Bertz CT molecular complexity index is 456. The Morgan fingerprint density at radius 1 is 1.44 bits per heavy atom. The van der Waals surface area contributed by atoms with Crippen molar-refractivity contribution in [2.75, 3.05) is 6.54 Å². The van der Waals surface area contributed by atoms with E-state index in [1.165, 1.54) is 5.56 Å². The number of aromatic nitrogens is 2. The molecule has 0 unspecified atom stereocenters. The minimum atomic E-state index is 0.678. The third-order valence-electron chi connectivity index (χ3n) is 2.11. The average molecular weight is 298 g/mol. The Kier molecular flexibility index (Phi) is 4.04. The van der Waals surface area contributed by atoms with E-state index < -0.39 is 0 Å². The number of hydrogen-bond acceptors (Lipinski definition) is 3. The summed E-state index contributed by atoms with van der Waals surface area (Å²) in [6.07, 6.45) is 4.47. The number of halogens is 1. The lowest BCUT2D eigenvalue weighted by Crippen LogP contribution is -2.02. The van der Waals surface area contributed by atoms with E-state index >= 15 is 0 Å². The third-order valence-corrected chi connectivity index (χ3v) is 4.02. The molecule has 0 aliphatic carbocycles. The fourth-order valence-electron chi connectivity index (χ4n) is 1.36. The lowest BCUT2D eigenvalue weighted by Gasteiger charge is -2.04. The maximum Gasteiger partial charge on any atom is 0.170 e. The zero-order valence-corrected chi connectivity index (χ0v) is 11.0. The monoisotopic (exact) mass is 297 g/mol. The molecule has 1 aromatic carbocycles. The zero-order valence-electron chi connectivity index (χ0n) is 8.61. The van der Waals surface area contributed by atoms with Gasteiger partial charge in [0.05, 0.1) is 0 Å². The van der Waals surface area contributed by atoms with E-state index in [0.717, 1.165) is 20.9 Å². The lowest BCUT2D eigenvalue weighted by molar-refractivity contribution is 0.964. The van der Waals surface area contributed by atoms with Gasteiger partial charge >= 0.3 is 0 Å². The van der Waals surface area contributed by atoms with Gasteiger partial charge in [0.25, 0.3) is 0 Å². The highest BCUT2D eigenvalue weighted by Gasteiger charge is 2.04. The highest BCUT2D eigenvalue weighted by molar-refractivity contribution is 9.10. The van der Waals surface area contributed by atoms with Crippen LogP contribution < -0.4 is 5.73 Å². The number of aromatic amines is 1. The molecule has 3 N–H and O–H groups in total. The molecule has 0 amide bonds. The van der Waals surface area contributed by atoms with Crippen molar-refractivity contribution in [1.29, 1.82) is 0 Å². The molecule has 0 saturated heterocycles. The predicted octanol–water partition coefficient (Wildman–Crippen LogP) is 2.82. The maximum absolute atomic E-state index is 5.52. The molecule has 2 rings (SSSR count). The van der Waals surface area contributed by atoms with E-state index in [4.69, 9.17) is 5.73 Å². The number of nitrogens with one attached hydrogen (secondary N) is 1. The fourth-order valence-corrected chi connectivity index (χ4v) is 2.77. The van der Waals surface area contributed by atoms with Gasteiger partial charge in [0, 0.05) is 21.8 Å². The minimum Gasteiger partial charge on any atom is -0.339 e. The van der Waals surface area contributed by atoms with Crippen LogP contribution in [0.15, 0.2) is 45.1 Å². The molecule has 0 atom stereocenters. The van der Waals surface area contributed by atoms with E-state index in [1.54, 1.807) is 18.0 Å². The standard InChI is InChI=1S/C11H12BrN3S/c12-9-7-8(3-4-13)1-2-10(9)16-11-14-5-6-15-11/h1-2,5-7H,3-4,13H2,(H,14,15). The van der Waals surface area contributed by atoms with E-state index in [2.05, 4.69) is 44.1 Å². The summed E-state index contributed by atoms with van der Waals surface area (Å²) in [6.45, 7) is 0.678. The van der Waals surface area contributed by atoms with E-state index in [0.29, 0.717) is 6.54 Å². The molecule has 0 fully saturated rings. The van der Waals surface area contributed by atoms with Crippen LogP contribution in [0.5, 0.6) is 0 Å². The molecule has 0 aliphatic rings. The normalized spacial score (nSPS) is 10.6. The molecule has 0 bridgehead atoms. The Labute approximate surface area is 107 Å². The molecule has 0 aliphatic heterocycles. The number of rotatable bonds is 4. The Balaban J connectivity index is 2.16. The van der Waals surface area contributed by atoms with Crippen molar-refractivity contribution in [3.63, 3.8) is 0 Å². The van der Waals surface area contributed by atoms with Gasteiger partial charge in [0.1, 0.15) is 0 Å². The minimum absolute atomic E-state index is 0.678. The van der Waals surface area contributed by atoms with Crippen LogP contribution in [-0.4, -0.2) is 16.5 Å². The van der Waals surface area contributed by atoms with Crippen molar-refractivity contribution in [3.05, 3.63) is 40.6 Å². The van der Waals surface area contributed by atoms with E-state index in [1.807, 2.05) is 6.20 Å². The van der Waals surface area contributed by atoms with Crippen molar-refractivity contribution >= 4 is 27.7 Å². The topological polar surface area (TPSA) is 54.7 Å². The van der Waals surface area contributed by atoms with Gasteiger partial charge in [0.15, 0.2) is 5.16 Å². The molecular weight excluding hydrogens is 286 g/mol. The Morgan fingerprint density at radius 3 is 2.94 bits per heavy atom. The molecule has 1 heterocycles. The van der Waals surface area contributed by atoms with Gasteiger partial charge in [-0.05, 0) is 46.6 Å². The molecule has 1 aromatic heterocycles. The maximum atomic E-state index is 5.52. The van der Waals surface area contributed by atoms with Gasteiger partial charge in [-0.25, -0.2) is 4.98 Å². The second kappa shape index (κ2) is 5.52. The Morgan fingerprint density at radius 2 is 2.31 bits per heavy atom. The number of nitrogens with two attached hydrogens (primary N) is 1. The number of benzene rings is 1. The second-order valence-corrected chi connectivity index (χ2v) is 5.18. The van der Waals surface area contributed by atoms with Crippen molar-refractivity contribution < 1.29 is 0 Å². The SMILES string of the molecule is NCCc1ccc(Sc2ncc[nH]2)c(Br)c1. The number of nitrogens with zero attached hydrogens (tertiary/aromatic N) is 1. The van der Waals surface area contributed by atoms with Gasteiger partial charge in [-0.15, -0.1) is 0 Å². The van der Waals surface area contributed by atoms with Crippen LogP contribution >= 0.6 is 27.7 Å². The quantitative estimate of drug-likeness (QED) is 0.912. The molecular formula is C11H12BrN3S. The molecule has 0 spiro atoms. The smallest absolute Gasteiger partial charge is 0.170 e. The summed E-state index contributed by atoms with van der Waals surface area (Å²) in [5, 5.41) is 0.896. The summed E-state index contributed by atoms with van der Waals surface area (Å²) < 4.78 is 1.08. The number of H-pyrrole nitrogens is 1. The highest BCUT2D eigenvalue weighted by atomic mass is 79.9. The predicted molar refractivity (Wildman–Crippen MR) is 69.6 cm³/mol. The molecule has 3 nitrogen and oxygen atoms in total. The summed E-state index contributed by atoms with van der Waals surface area (Å²) in [6, 6.07) is 6.29. The molecule has 0 saturated carbocycles. The first-order chi connectivity index (χ1) is 7.79. The molecule has 84 valence electrons. The van der Waals surface area contributed by atoms with Crippen LogP contribution in [-0.2, 0) is 6.42 Å². The van der Waals surface area contributed by atoms with Crippen LogP contribution in [0.1, 0.15) is 5.56 Å². The first-order valence-electron chi connectivity index (χ1n) is 4.95. The Hall–Kier alpha value is -0.780. The van der Waals surface area contributed by atoms with E-state index in [9.17, 15) is 0 Å². The highest BCUT2D eigenvalue weighted by Crippen LogP contribution is 2.32. The summed E-state index contributed by atoms with van der Waals surface area (Å²) in [5.41, 5.74) is 6.77. The molecule has 5 heteroatoms. The van der Waals surface area contributed by atoms with Gasteiger partial charge in [-0.2, -0.15) is 0 Å². The van der Waals surface area contributed by atoms with Crippen LogP contribution in [0.4, 0.5) is 0 Å².